The number of carbonyl (C=O) groups is 1. The Kier molecular flexibility index (Phi) is 4.59. The fourth-order valence-electron chi connectivity index (χ4n) is 1.66. The number of amides is 1. The maximum Gasteiger partial charge on any atom is 0.262 e. The Morgan fingerprint density at radius 3 is 2.84 bits per heavy atom. The average Bonchev–Trinajstić information content (AvgIpc) is 2.63. The van der Waals surface area contributed by atoms with Gasteiger partial charge in [0.05, 0.1) is 19.8 Å². The van der Waals surface area contributed by atoms with E-state index in [-0.39, 0.29) is 12.5 Å². The van der Waals surface area contributed by atoms with Crippen LogP contribution >= 0.6 is 0 Å². The van der Waals surface area contributed by atoms with Gasteiger partial charge in [0.1, 0.15) is 6.61 Å². The standard InChI is InChI=1S/C13H18N2O4/c1-15(14)13(16)9-17-8-10-3-4-11-12(7-10)19-6-2-5-18-11/h3-4,7H,2,5-6,8-9,14H2,1H3. The topological polar surface area (TPSA) is 74.0 Å². The van der Waals surface area contributed by atoms with Gasteiger partial charge >= 0.3 is 0 Å². The number of rotatable bonds is 4. The summed E-state index contributed by atoms with van der Waals surface area (Å²) in [4.78, 5) is 11.2. The van der Waals surface area contributed by atoms with Crippen LogP contribution in [0.15, 0.2) is 18.2 Å². The van der Waals surface area contributed by atoms with Gasteiger partial charge < -0.3 is 14.2 Å². The Hall–Kier alpha value is -1.79. The highest BCUT2D eigenvalue weighted by Crippen LogP contribution is 2.30. The number of nitrogens with two attached hydrogens (primary N) is 1. The first-order chi connectivity index (χ1) is 9.16. The van der Waals surface area contributed by atoms with E-state index in [0.717, 1.165) is 28.5 Å². The number of nitrogens with zero attached hydrogens (tertiary/aromatic N) is 1. The van der Waals surface area contributed by atoms with Gasteiger partial charge in [-0.2, -0.15) is 0 Å². The smallest absolute Gasteiger partial charge is 0.262 e. The molecule has 0 saturated heterocycles. The molecule has 1 aromatic carbocycles. The molecule has 0 radical (unpaired) electrons. The molecule has 1 heterocycles. The summed E-state index contributed by atoms with van der Waals surface area (Å²) in [6, 6.07) is 5.62. The van der Waals surface area contributed by atoms with E-state index in [2.05, 4.69) is 0 Å². The summed E-state index contributed by atoms with van der Waals surface area (Å²) in [5.41, 5.74) is 0.928. The minimum absolute atomic E-state index is 0.0402. The molecule has 6 heteroatoms. The molecule has 0 bridgehead atoms. The second kappa shape index (κ2) is 6.40. The Labute approximate surface area is 112 Å². The molecule has 19 heavy (non-hydrogen) atoms. The number of hydrazine groups is 1. The third-order valence-corrected chi connectivity index (χ3v) is 2.70. The fraction of sp³-hybridized carbons (Fsp3) is 0.462. The maximum absolute atomic E-state index is 11.2. The van der Waals surface area contributed by atoms with Crippen LogP contribution in [0.1, 0.15) is 12.0 Å². The second-order valence-electron chi connectivity index (χ2n) is 4.33. The summed E-state index contributed by atoms with van der Waals surface area (Å²) < 4.78 is 16.4. The fourth-order valence-corrected chi connectivity index (χ4v) is 1.66. The lowest BCUT2D eigenvalue weighted by atomic mass is 10.2. The average molecular weight is 266 g/mol. The van der Waals surface area contributed by atoms with Crippen LogP contribution in [0.5, 0.6) is 11.5 Å². The van der Waals surface area contributed by atoms with Gasteiger partial charge in [-0.05, 0) is 17.7 Å². The van der Waals surface area contributed by atoms with Crippen LogP contribution in [0.2, 0.25) is 0 Å². The molecule has 104 valence electrons. The Morgan fingerprint density at radius 1 is 1.37 bits per heavy atom. The normalized spacial score (nSPS) is 13.8. The van der Waals surface area contributed by atoms with Gasteiger partial charge in [0.25, 0.3) is 5.91 Å². The van der Waals surface area contributed by atoms with Gasteiger partial charge in [-0.25, -0.2) is 5.84 Å². The summed E-state index contributed by atoms with van der Waals surface area (Å²) in [5.74, 6) is 6.49. The molecule has 0 spiro atoms. The summed E-state index contributed by atoms with van der Waals surface area (Å²) in [7, 11) is 1.49. The SMILES string of the molecule is CN(N)C(=O)COCc1ccc2c(c1)OCCCO2. The molecule has 1 aliphatic rings. The van der Waals surface area contributed by atoms with Crippen LogP contribution in [0.3, 0.4) is 0 Å². The van der Waals surface area contributed by atoms with Crippen molar-refractivity contribution in [2.24, 2.45) is 5.84 Å². The molecule has 2 N–H and O–H groups in total. The van der Waals surface area contributed by atoms with Crippen LogP contribution in [-0.2, 0) is 16.1 Å². The monoisotopic (exact) mass is 266 g/mol. The largest absolute Gasteiger partial charge is 0.490 e. The van der Waals surface area contributed by atoms with Crippen molar-refractivity contribution in [2.45, 2.75) is 13.0 Å². The lowest BCUT2D eigenvalue weighted by Crippen LogP contribution is -2.35. The van der Waals surface area contributed by atoms with E-state index < -0.39 is 0 Å². The highest BCUT2D eigenvalue weighted by molar-refractivity contribution is 5.76. The van der Waals surface area contributed by atoms with E-state index >= 15 is 0 Å². The number of ether oxygens (including phenoxy) is 3. The maximum atomic E-state index is 11.2. The predicted molar refractivity (Wildman–Crippen MR) is 68.7 cm³/mol. The number of carbonyl (C=O) groups excluding carboxylic acids is 1. The Balaban J connectivity index is 1.91. The van der Waals surface area contributed by atoms with E-state index in [0.29, 0.717) is 19.8 Å². The second-order valence-corrected chi connectivity index (χ2v) is 4.33. The number of benzene rings is 1. The summed E-state index contributed by atoms with van der Waals surface area (Å²) >= 11 is 0. The van der Waals surface area contributed by atoms with Crippen LogP contribution in [0, 0.1) is 0 Å². The van der Waals surface area contributed by atoms with Crippen molar-refractivity contribution < 1.29 is 19.0 Å². The lowest BCUT2D eigenvalue weighted by molar-refractivity contribution is -0.135. The number of hydrogen-bond acceptors (Lipinski definition) is 5. The van der Waals surface area contributed by atoms with Crippen molar-refractivity contribution in [3.63, 3.8) is 0 Å². The van der Waals surface area contributed by atoms with Crippen LogP contribution in [0.4, 0.5) is 0 Å². The van der Waals surface area contributed by atoms with E-state index in [9.17, 15) is 4.79 Å². The zero-order valence-electron chi connectivity index (χ0n) is 10.9. The Bertz CT molecular complexity index is 448. The van der Waals surface area contributed by atoms with Gasteiger partial charge in [0.2, 0.25) is 0 Å². The summed E-state index contributed by atoms with van der Waals surface area (Å²) in [6.07, 6.45) is 0.873. The first kappa shape index (κ1) is 13.6. The van der Waals surface area contributed by atoms with Crippen molar-refractivity contribution in [2.75, 3.05) is 26.9 Å². The van der Waals surface area contributed by atoms with Gasteiger partial charge in [-0.1, -0.05) is 6.07 Å². The first-order valence-electron chi connectivity index (χ1n) is 6.14. The van der Waals surface area contributed by atoms with Crippen LogP contribution in [-0.4, -0.2) is 37.8 Å². The molecule has 1 amide bonds. The number of likely N-dealkylation sites (N-methyl/N-ethyl adjacent to an activating group) is 1. The molecular weight excluding hydrogens is 248 g/mol. The van der Waals surface area contributed by atoms with Gasteiger partial charge in [0.15, 0.2) is 11.5 Å². The lowest BCUT2D eigenvalue weighted by Gasteiger charge is -2.11. The van der Waals surface area contributed by atoms with Crippen LogP contribution in [0.25, 0.3) is 0 Å². The molecule has 0 atom stereocenters. The van der Waals surface area contributed by atoms with Crippen LogP contribution < -0.4 is 15.3 Å². The minimum atomic E-state index is -0.269. The Morgan fingerprint density at radius 2 is 2.11 bits per heavy atom. The van der Waals surface area contributed by atoms with Gasteiger partial charge in [0, 0.05) is 13.5 Å². The van der Waals surface area contributed by atoms with E-state index in [1.54, 1.807) is 0 Å². The third kappa shape index (κ3) is 3.84. The molecule has 0 saturated carbocycles. The van der Waals surface area contributed by atoms with Crippen molar-refractivity contribution >= 4 is 5.91 Å². The molecular formula is C13H18N2O4. The number of hydrogen-bond donors (Lipinski definition) is 1. The zero-order chi connectivity index (χ0) is 13.7. The molecule has 0 aliphatic carbocycles. The van der Waals surface area contributed by atoms with Crippen molar-refractivity contribution in [3.05, 3.63) is 23.8 Å². The van der Waals surface area contributed by atoms with Crippen molar-refractivity contribution in [1.29, 1.82) is 0 Å². The zero-order valence-corrected chi connectivity index (χ0v) is 10.9. The molecule has 2 rings (SSSR count). The molecule has 1 aliphatic heterocycles. The quantitative estimate of drug-likeness (QED) is 0.493. The predicted octanol–water partition coefficient (Wildman–Crippen LogP) is 0.697. The third-order valence-electron chi connectivity index (χ3n) is 2.70. The molecule has 1 aromatic rings. The van der Waals surface area contributed by atoms with Gasteiger partial charge in [-0.15, -0.1) is 0 Å². The highest BCUT2D eigenvalue weighted by atomic mass is 16.5. The van der Waals surface area contributed by atoms with E-state index in [1.165, 1.54) is 7.05 Å². The first-order valence-corrected chi connectivity index (χ1v) is 6.14. The van der Waals surface area contributed by atoms with Crippen molar-refractivity contribution in [3.8, 4) is 11.5 Å². The summed E-state index contributed by atoms with van der Waals surface area (Å²) in [5, 5.41) is 1.01. The molecule has 6 nitrogen and oxygen atoms in total. The molecule has 0 unspecified atom stereocenters. The minimum Gasteiger partial charge on any atom is -0.490 e. The molecule has 0 fully saturated rings. The van der Waals surface area contributed by atoms with Gasteiger partial charge in [-0.3, -0.25) is 9.80 Å². The van der Waals surface area contributed by atoms with E-state index in [4.69, 9.17) is 20.1 Å². The highest BCUT2D eigenvalue weighted by Gasteiger charge is 2.11. The number of fused-ring (bicyclic) bond motifs is 1. The van der Waals surface area contributed by atoms with Crippen molar-refractivity contribution in [1.82, 2.24) is 5.01 Å². The van der Waals surface area contributed by atoms with E-state index in [1.807, 2.05) is 18.2 Å². The molecule has 0 aromatic heterocycles. The summed E-state index contributed by atoms with van der Waals surface area (Å²) in [6.45, 7) is 1.60.